The van der Waals surface area contributed by atoms with E-state index in [1.807, 2.05) is 42.3 Å². The Kier molecular flexibility index (Phi) is 6.88. The van der Waals surface area contributed by atoms with Crippen LogP contribution < -0.4 is 10.6 Å². The van der Waals surface area contributed by atoms with Gasteiger partial charge in [0.15, 0.2) is 0 Å². The summed E-state index contributed by atoms with van der Waals surface area (Å²) in [7, 11) is 1.93. The molecule has 0 aliphatic heterocycles. The molecule has 5 nitrogen and oxygen atoms in total. The van der Waals surface area contributed by atoms with Gasteiger partial charge in [-0.3, -0.25) is 14.5 Å². The van der Waals surface area contributed by atoms with E-state index in [1.165, 1.54) is 0 Å². The smallest absolute Gasteiger partial charge is 0.241 e. The molecule has 1 atom stereocenters. The molecule has 0 saturated carbocycles. The molecule has 5 heteroatoms. The first-order valence-electron chi connectivity index (χ1n) is 7.29. The zero-order valence-electron chi connectivity index (χ0n) is 13.1. The van der Waals surface area contributed by atoms with Gasteiger partial charge < -0.3 is 10.6 Å². The summed E-state index contributed by atoms with van der Waals surface area (Å²) in [6, 6.07) is 9.70. The lowest BCUT2D eigenvalue weighted by Crippen LogP contribution is -2.43. The second-order valence-corrected chi connectivity index (χ2v) is 5.27. The minimum absolute atomic E-state index is 0.0229. The molecule has 116 valence electrons. The van der Waals surface area contributed by atoms with Gasteiger partial charge in [0.05, 0.1) is 6.54 Å². The number of hydrogen-bond acceptors (Lipinski definition) is 3. The van der Waals surface area contributed by atoms with Crippen LogP contribution in [0.15, 0.2) is 30.3 Å². The summed E-state index contributed by atoms with van der Waals surface area (Å²) in [5.41, 5.74) is 6.00. The number of rotatable bonds is 8. The van der Waals surface area contributed by atoms with Crippen LogP contribution in [0.5, 0.6) is 0 Å². The molecule has 0 aliphatic rings. The summed E-state index contributed by atoms with van der Waals surface area (Å²) in [5, 5.41) is 0. The van der Waals surface area contributed by atoms with Gasteiger partial charge in [0.25, 0.3) is 0 Å². The molecule has 1 aromatic carbocycles. The van der Waals surface area contributed by atoms with Gasteiger partial charge in [-0.25, -0.2) is 0 Å². The van der Waals surface area contributed by atoms with Gasteiger partial charge in [0, 0.05) is 24.7 Å². The van der Waals surface area contributed by atoms with E-state index >= 15 is 0 Å². The number of hydrogen-bond donors (Lipinski definition) is 1. The van der Waals surface area contributed by atoms with E-state index < -0.39 is 5.91 Å². The SMILES string of the molecule is CCC(C)N(C)CC(=O)N(CCC(N)=O)c1ccccc1. The van der Waals surface area contributed by atoms with Crippen LogP contribution in [0.2, 0.25) is 0 Å². The number of nitrogens with zero attached hydrogens (tertiary/aromatic N) is 2. The van der Waals surface area contributed by atoms with E-state index in [2.05, 4.69) is 13.8 Å². The van der Waals surface area contributed by atoms with E-state index in [4.69, 9.17) is 5.73 Å². The minimum atomic E-state index is -0.404. The van der Waals surface area contributed by atoms with Crippen LogP contribution in [0.1, 0.15) is 26.7 Å². The molecule has 2 N–H and O–H groups in total. The Labute approximate surface area is 126 Å². The maximum absolute atomic E-state index is 12.5. The monoisotopic (exact) mass is 291 g/mol. The molecule has 0 aliphatic carbocycles. The quantitative estimate of drug-likeness (QED) is 0.791. The first kappa shape index (κ1) is 17.2. The molecule has 1 rings (SSSR count). The summed E-state index contributed by atoms with van der Waals surface area (Å²) in [5.74, 6) is -0.427. The zero-order chi connectivity index (χ0) is 15.8. The number of likely N-dealkylation sites (N-methyl/N-ethyl adjacent to an activating group) is 1. The van der Waals surface area contributed by atoms with Crippen molar-refractivity contribution >= 4 is 17.5 Å². The van der Waals surface area contributed by atoms with Crippen molar-refractivity contribution in [3.63, 3.8) is 0 Å². The van der Waals surface area contributed by atoms with Crippen LogP contribution in [0, 0.1) is 0 Å². The van der Waals surface area contributed by atoms with E-state index in [1.54, 1.807) is 4.90 Å². The second kappa shape index (κ2) is 8.42. The molecule has 2 amide bonds. The maximum Gasteiger partial charge on any atom is 0.241 e. The third-order valence-corrected chi connectivity index (χ3v) is 3.68. The number of anilines is 1. The average molecular weight is 291 g/mol. The van der Waals surface area contributed by atoms with Crippen molar-refractivity contribution in [2.24, 2.45) is 5.73 Å². The average Bonchev–Trinajstić information content (AvgIpc) is 2.47. The van der Waals surface area contributed by atoms with Crippen molar-refractivity contribution < 1.29 is 9.59 Å². The fraction of sp³-hybridized carbons (Fsp3) is 0.500. The Morgan fingerprint density at radius 1 is 1.24 bits per heavy atom. The van der Waals surface area contributed by atoms with Gasteiger partial charge in [-0.05, 0) is 32.5 Å². The van der Waals surface area contributed by atoms with Crippen molar-refractivity contribution in [2.75, 3.05) is 25.0 Å². The summed E-state index contributed by atoms with van der Waals surface area (Å²) in [6.45, 7) is 4.81. The lowest BCUT2D eigenvalue weighted by molar-refractivity contribution is -0.120. The first-order chi connectivity index (χ1) is 9.95. The number of carbonyl (C=O) groups excluding carboxylic acids is 2. The van der Waals surface area contributed by atoms with Crippen molar-refractivity contribution in [2.45, 2.75) is 32.7 Å². The molecular formula is C16H25N3O2. The Morgan fingerprint density at radius 2 is 1.86 bits per heavy atom. The van der Waals surface area contributed by atoms with Gasteiger partial charge in [-0.15, -0.1) is 0 Å². The lowest BCUT2D eigenvalue weighted by atomic mass is 10.2. The van der Waals surface area contributed by atoms with Crippen LogP contribution in [0.4, 0.5) is 5.69 Å². The molecule has 0 aromatic heterocycles. The van der Waals surface area contributed by atoms with Crippen molar-refractivity contribution in [3.8, 4) is 0 Å². The molecule has 0 heterocycles. The summed E-state index contributed by atoms with van der Waals surface area (Å²) < 4.78 is 0. The second-order valence-electron chi connectivity index (χ2n) is 5.27. The largest absolute Gasteiger partial charge is 0.370 e. The van der Waals surface area contributed by atoms with Gasteiger partial charge in [0.1, 0.15) is 0 Å². The van der Waals surface area contributed by atoms with Crippen LogP contribution >= 0.6 is 0 Å². The van der Waals surface area contributed by atoms with Crippen LogP contribution in [-0.4, -0.2) is 42.9 Å². The number of amides is 2. The molecule has 1 unspecified atom stereocenters. The normalized spacial score (nSPS) is 12.2. The van der Waals surface area contributed by atoms with E-state index in [-0.39, 0.29) is 12.3 Å². The van der Waals surface area contributed by atoms with E-state index in [9.17, 15) is 9.59 Å². The highest BCUT2D eigenvalue weighted by Gasteiger charge is 2.19. The van der Waals surface area contributed by atoms with Crippen LogP contribution in [-0.2, 0) is 9.59 Å². The third-order valence-electron chi connectivity index (χ3n) is 3.68. The minimum Gasteiger partial charge on any atom is -0.370 e. The van der Waals surface area contributed by atoms with E-state index in [0.717, 1.165) is 12.1 Å². The predicted octanol–water partition coefficient (Wildman–Crippen LogP) is 1.63. The van der Waals surface area contributed by atoms with Gasteiger partial charge in [0.2, 0.25) is 11.8 Å². The fourth-order valence-electron chi connectivity index (χ4n) is 1.99. The standard InChI is InChI=1S/C16H25N3O2/c1-4-13(2)18(3)12-16(21)19(11-10-15(17)20)14-8-6-5-7-9-14/h5-9,13H,4,10-12H2,1-3H3,(H2,17,20). The van der Waals surface area contributed by atoms with Gasteiger partial charge in [-0.2, -0.15) is 0 Å². The summed E-state index contributed by atoms with van der Waals surface area (Å²) in [6.07, 6.45) is 1.14. The van der Waals surface area contributed by atoms with Crippen molar-refractivity contribution in [1.82, 2.24) is 4.90 Å². The van der Waals surface area contributed by atoms with Crippen LogP contribution in [0.3, 0.4) is 0 Å². The van der Waals surface area contributed by atoms with Gasteiger partial charge >= 0.3 is 0 Å². The molecule has 0 spiro atoms. The number of para-hydroxylation sites is 1. The number of benzene rings is 1. The Hall–Kier alpha value is -1.88. The highest BCUT2D eigenvalue weighted by atomic mass is 16.2. The maximum atomic E-state index is 12.5. The zero-order valence-corrected chi connectivity index (χ0v) is 13.1. The van der Waals surface area contributed by atoms with E-state index in [0.29, 0.717) is 19.1 Å². The first-order valence-corrected chi connectivity index (χ1v) is 7.29. The number of nitrogens with two attached hydrogens (primary N) is 1. The molecule has 0 saturated heterocycles. The predicted molar refractivity (Wildman–Crippen MR) is 85.0 cm³/mol. The molecule has 0 radical (unpaired) electrons. The van der Waals surface area contributed by atoms with Crippen molar-refractivity contribution in [3.05, 3.63) is 30.3 Å². The number of primary amides is 1. The highest BCUT2D eigenvalue weighted by Crippen LogP contribution is 2.14. The summed E-state index contributed by atoms with van der Waals surface area (Å²) in [4.78, 5) is 27.2. The molecule has 0 fully saturated rings. The Balaban J connectivity index is 2.80. The van der Waals surface area contributed by atoms with Gasteiger partial charge in [-0.1, -0.05) is 25.1 Å². The Morgan fingerprint density at radius 3 is 2.38 bits per heavy atom. The molecule has 21 heavy (non-hydrogen) atoms. The fourth-order valence-corrected chi connectivity index (χ4v) is 1.99. The lowest BCUT2D eigenvalue weighted by Gasteiger charge is -2.28. The Bertz CT molecular complexity index is 462. The van der Waals surface area contributed by atoms with Crippen molar-refractivity contribution in [1.29, 1.82) is 0 Å². The van der Waals surface area contributed by atoms with Crippen LogP contribution in [0.25, 0.3) is 0 Å². The highest BCUT2D eigenvalue weighted by molar-refractivity contribution is 5.95. The molecule has 0 bridgehead atoms. The third kappa shape index (κ3) is 5.55. The molecular weight excluding hydrogens is 266 g/mol. The summed E-state index contributed by atoms with van der Waals surface area (Å²) >= 11 is 0. The number of carbonyl (C=O) groups is 2. The molecule has 1 aromatic rings. The topological polar surface area (TPSA) is 66.6 Å².